The fraction of sp³-hybridized carbons (Fsp3) is 0.125. The molecular weight excluding hydrogens is 572 g/mol. The van der Waals surface area contributed by atoms with Crippen LogP contribution in [0, 0.1) is 0 Å². The van der Waals surface area contributed by atoms with E-state index in [2.05, 4.69) is 106 Å². The first-order valence-corrected chi connectivity index (χ1v) is 13.4. The first-order chi connectivity index (χ1) is 17.3. The Morgan fingerprint density at radius 1 is 0.528 bits per heavy atom. The van der Waals surface area contributed by atoms with Crippen LogP contribution in [-0.2, 0) is 0 Å². The van der Waals surface area contributed by atoms with Crippen LogP contribution in [0.2, 0.25) is 0 Å². The normalized spacial score (nSPS) is 13.4. The van der Waals surface area contributed by atoms with Gasteiger partial charge in [0.15, 0.2) is 0 Å². The summed E-state index contributed by atoms with van der Waals surface area (Å²) in [6.07, 6.45) is 8.36. The van der Waals surface area contributed by atoms with E-state index in [1.165, 1.54) is 0 Å². The molecule has 0 aliphatic carbocycles. The number of allylic oxidation sites excluding steroid dienone is 8. The van der Waals surface area contributed by atoms with Crippen molar-refractivity contribution >= 4 is 54.0 Å². The minimum Gasteiger partial charge on any atom is -0.243 e. The van der Waals surface area contributed by atoms with Gasteiger partial charge < -0.3 is 0 Å². The molecule has 0 N–H and O–H groups in total. The SMILES string of the molecule is CC(Br)=CC=C(C)c1ccc(C(C)=CC=C(C)Br)c2nc(-c3ccccc3)c(-c3ccccc3)nc12. The molecule has 0 unspecified atom stereocenters. The molecule has 0 spiro atoms. The molecule has 1 heterocycles. The summed E-state index contributed by atoms with van der Waals surface area (Å²) in [7, 11) is 0. The van der Waals surface area contributed by atoms with Gasteiger partial charge in [-0.25, -0.2) is 9.97 Å². The molecule has 0 radical (unpaired) electrons. The van der Waals surface area contributed by atoms with Crippen LogP contribution in [0.4, 0.5) is 0 Å². The third kappa shape index (κ3) is 6.00. The first kappa shape index (κ1) is 26.0. The van der Waals surface area contributed by atoms with Gasteiger partial charge in [0.25, 0.3) is 0 Å². The average Bonchev–Trinajstić information content (AvgIpc) is 2.90. The molecule has 180 valence electrons. The van der Waals surface area contributed by atoms with Gasteiger partial charge >= 0.3 is 0 Å². The molecule has 0 aliphatic heterocycles. The summed E-state index contributed by atoms with van der Waals surface area (Å²) in [5.74, 6) is 0. The molecule has 36 heavy (non-hydrogen) atoms. The van der Waals surface area contributed by atoms with E-state index < -0.39 is 0 Å². The summed E-state index contributed by atoms with van der Waals surface area (Å²) in [6, 6.07) is 24.9. The molecule has 0 amide bonds. The van der Waals surface area contributed by atoms with Crippen molar-refractivity contribution in [1.82, 2.24) is 9.97 Å². The van der Waals surface area contributed by atoms with E-state index >= 15 is 0 Å². The van der Waals surface area contributed by atoms with Crippen LogP contribution in [-0.4, -0.2) is 9.97 Å². The van der Waals surface area contributed by atoms with E-state index in [9.17, 15) is 0 Å². The van der Waals surface area contributed by atoms with Crippen molar-refractivity contribution in [3.8, 4) is 22.5 Å². The number of fused-ring (bicyclic) bond motifs is 1. The lowest BCUT2D eigenvalue weighted by Crippen LogP contribution is -2.00. The lowest BCUT2D eigenvalue weighted by molar-refractivity contribution is 1.28. The van der Waals surface area contributed by atoms with Gasteiger partial charge in [-0.05, 0) is 47.8 Å². The summed E-state index contributed by atoms with van der Waals surface area (Å²) >= 11 is 7.07. The third-order valence-electron chi connectivity index (χ3n) is 5.89. The van der Waals surface area contributed by atoms with Crippen LogP contribution in [0.5, 0.6) is 0 Å². The van der Waals surface area contributed by atoms with Crippen molar-refractivity contribution < 1.29 is 0 Å². The van der Waals surface area contributed by atoms with Gasteiger partial charge in [-0.3, -0.25) is 0 Å². The smallest absolute Gasteiger partial charge is 0.0976 e. The Bertz CT molecular complexity index is 1390. The minimum absolute atomic E-state index is 0.880. The lowest BCUT2D eigenvalue weighted by atomic mass is 9.96. The zero-order valence-corrected chi connectivity index (χ0v) is 24.1. The van der Waals surface area contributed by atoms with Crippen LogP contribution >= 0.6 is 31.9 Å². The summed E-state index contributed by atoms with van der Waals surface area (Å²) in [5.41, 5.74) is 10.0. The maximum Gasteiger partial charge on any atom is 0.0976 e. The number of rotatable bonds is 6. The van der Waals surface area contributed by atoms with Crippen molar-refractivity contribution in [2.75, 3.05) is 0 Å². The highest BCUT2D eigenvalue weighted by molar-refractivity contribution is 9.12. The fourth-order valence-electron chi connectivity index (χ4n) is 4.03. The molecule has 0 saturated heterocycles. The van der Waals surface area contributed by atoms with Crippen molar-refractivity contribution in [1.29, 1.82) is 0 Å². The van der Waals surface area contributed by atoms with Crippen molar-refractivity contribution in [2.45, 2.75) is 27.7 Å². The Balaban J connectivity index is 2.11. The predicted molar refractivity (Wildman–Crippen MR) is 163 cm³/mol. The zero-order chi connectivity index (χ0) is 25.7. The molecule has 0 saturated carbocycles. The topological polar surface area (TPSA) is 25.8 Å². The maximum atomic E-state index is 5.32. The number of hydrogen-bond donors (Lipinski definition) is 0. The van der Waals surface area contributed by atoms with Crippen LogP contribution in [0.25, 0.3) is 44.7 Å². The summed E-state index contributed by atoms with van der Waals surface area (Å²) < 4.78 is 2.14. The van der Waals surface area contributed by atoms with Crippen LogP contribution < -0.4 is 0 Å². The summed E-state index contributed by atoms with van der Waals surface area (Å²) in [6.45, 7) is 8.29. The second kappa shape index (κ2) is 11.8. The number of benzene rings is 3. The molecule has 4 heteroatoms. The van der Waals surface area contributed by atoms with E-state index in [1.807, 2.05) is 50.2 Å². The Kier molecular flexibility index (Phi) is 8.50. The molecule has 4 aromatic rings. The first-order valence-electron chi connectivity index (χ1n) is 11.8. The van der Waals surface area contributed by atoms with Crippen LogP contribution in [0.15, 0.2) is 106 Å². The van der Waals surface area contributed by atoms with E-state index in [-0.39, 0.29) is 0 Å². The van der Waals surface area contributed by atoms with E-state index in [4.69, 9.17) is 9.97 Å². The number of aromatic nitrogens is 2. The quantitative estimate of drug-likeness (QED) is 0.206. The molecule has 0 aliphatic rings. The van der Waals surface area contributed by atoms with Crippen molar-refractivity contribution in [3.63, 3.8) is 0 Å². The molecule has 0 bridgehead atoms. The highest BCUT2D eigenvalue weighted by atomic mass is 79.9. The van der Waals surface area contributed by atoms with E-state index in [0.29, 0.717) is 0 Å². The van der Waals surface area contributed by atoms with E-state index in [0.717, 1.165) is 64.8 Å². The monoisotopic (exact) mass is 598 g/mol. The zero-order valence-electron chi connectivity index (χ0n) is 20.9. The summed E-state index contributed by atoms with van der Waals surface area (Å²) in [5, 5.41) is 0. The summed E-state index contributed by atoms with van der Waals surface area (Å²) in [4.78, 5) is 10.6. The number of halogens is 2. The predicted octanol–water partition coefficient (Wildman–Crippen LogP) is 10.4. The molecule has 3 aromatic carbocycles. The van der Waals surface area contributed by atoms with Gasteiger partial charge in [0.2, 0.25) is 0 Å². The Morgan fingerprint density at radius 3 is 1.22 bits per heavy atom. The number of nitrogens with zero attached hydrogens (tertiary/aromatic N) is 2. The highest BCUT2D eigenvalue weighted by Crippen LogP contribution is 2.36. The minimum atomic E-state index is 0.880. The second-order valence-corrected chi connectivity index (χ2v) is 11.2. The van der Waals surface area contributed by atoms with Gasteiger partial charge in [0.05, 0.1) is 22.4 Å². The standard InChI is InChI=1S/C32H28Br2N2/c1-21(15-17-23(3)33)27-19-20-28(22(2)16-18-24(4)34)32-31(27)35-29(25-11-7-5-8-12-25)30(36-32)26-13-9-6-10-14-26/h5-20H,1-4H3. The molecule has 0 fully saturated rings. The van der Waals surface area contributed by atoms with Crippen molar-refractivity contribution in [2.24, 2.45) is 0 Å². The van der Waals surface area contributed by atoms with Crippen LogP contribution in [0.3, 0.4) is 0 Å². The molecule has 4 rings (SSSR count). The Labute approximate surface area is 230 Å². The second-order valence-electron chi connectivity index (χ2n) is 8.72. The molecule has 0 atom stereocenters. The molecular formula is C32H28Br2N2. The Hall–Kier alpha value is -3.08. The third-order valence-corrected chi connectivity index (χ3v) is 6.42. The largest absolute Gasteiger partial charge is 0.243 e. The fourth-order valence-corrected chi connectivity index (χ4v) is 4.29. The van der Waals surface area contributed by atoms with Gasteiger partial charge in [-0.1, -0.05) is 129 Å². The molecule has 2 nitrogen and oxygen atoms in total. The number of hydrogen-bond acceptors (Lipinski definition) is 2. The van der Waals surface area contributed by atoms with Crippen molar-refractivity contribution in [3.05, 3.63) is 117 Å². The van der Waals surface area contributed by atoms with Gasteiger partial charge in [0.1, 0.15) is 0 Å². The average molecular weight is 600 g/mol. The lowest BCUT2D eigenvalue weighted by Gasteiger charge is -2.16. The van der Waals surface area contributed by atoms with Crippen LogP contribution in [0.1, 0.15) is 38.8 Å². The highest BCUT2D eigenvalue weighted by Gasteiger charge is 2.18. The van der Waals surface area contributed by atoms with Gasteiger partial charge in [-0.15, -0.1) is 0 Å². The maximum absolute atomic E-state index is 5.32. The van der Waals surface area contributed by atoms with E-state index in [1.54, 1.807) is 0 Å². The molecule has 1 aromatic heterocycles. The van der Waals surface area contributed by atoms with Gasteiger partial charge in [-0.2, -0.15) is 0 Å². The Morgan fingerprint density at radius 2 is 0.889 bits per heavy atom. The van der Waals surface area contributed by atoms with Gasteiger partial charge in [0, 0.05) is 22.3 Å².